The number of halogens is 2. The number of anilines is 1. The summed E-state index contributed by atoms with van der Waals surface area (Å²) in [6.45, 7) is 2.27. The zero-order valence-corrected chi connectivity index (χ0v) is 12.2. The van der Waals surface area contributed by atoms with Crippen molar-refractivity contribution in [3.63, 3.8) is 0 Å². The molecule has 118 valence electrons. The van der Waals surface area contributed by atoms with Crippen LogP contribution in [0.25, 0.3) is 11.1 Å². The van der Waals surface area contributed by atoms with Gasteiger partial charge in [0.05, 0.1) is 6.54 Å². The van der Waals surface area contributed by atoms with Crippen LogP contribution in [0.3, 0.4) is 0 Å². The van der Waals surface area contributed by atoms with Gasteiger partial charge in [0.2, 0.25) is 5.91 Å². The Morgan fingerprint density at radius 2 is 2.18 bits per heavy atom. The van der Waals surface area contributed by atoms with Gasteiger partial charge in [-0.05, 0) is 12.1 Å². The summed E-state index contributed by atoms with van der Waals surface area (Å²) in [5, 5.41) is 2.52. The number of hydrogen-bond donors (Lipinski definition) is 1. The molecule has 1 aliphatic rings. The summed E-state index contributed by atoms with van der Waals surface area (Å²) in [6.07, 6.45) is 0.556. The number of carbonyl (C=O) groups excluding carboxylic acids is 1. The molecule has 0 unspecified atom stereocenters. The van der Waals surface area contributed by atoms with Gasteiger partial charge in [-0.3, -0.25) is 4.79 Å². The second-order valence-electron chi connectivity index (χ2n) is 5.66. The number of nitrogens with zero attached hydrogens (tertiary/aromatic N) is 2. The number of oxazole rings is 1. The molecule has 1 amide bonds. The summed E-state index contributed by atoms with van der Waals surface area (Å²) in [5.74, 6) is -0.618. The lowest BCUT2D eigenvalue weighted by molar-refractivity contribution is -0.119. The topological polar surface area (TPSA) is 58.4 Å². The molecule has 1 aromatic carbocycles. The number of piperidine rings is 1. The maximum absolute atomic E-state index is 14.5. The van der Waals surface area contributed by atoms with Gasteiger partial charge in [0.1, 0.15) is 17.0 Å². The van der Waals surface area contributed by atoms with Crippen molar-refractivity contribution in [3.05, 3.63) is 24.0 Å². The fraction of sp³-hybridized carbons (Fsp3) is 0.467. The second kappa shape index (κ2) is 5.55. The number of benzene rings is 1. The predicted molar refractivity (Wildman–Crippen MR) is 77.9 cm³/mol. The fourth-order valence-electron chi connectivity index (χ4n) is 2.58. The highest BCUT2D eigenvalue weighted by atomic mass is 19.1. The molecule has 2 heterocycles. The van der Waals surface area contributed by atoms with E-state index in [2.05, 4.69) is 10.3 Å². The molecule has 7 heteroatoms. The van der Waals surface area contributed by atoms with Crippen molar-refractivity contribution >= 4 is 23.0 Å². The third kappa shape index (κ3) is 3.03. The summed E-state index contributed by atoms with van der Waals surface area (Å²) in [6, 6.07) is 4.54. The molecule has 0 spiro atoms. The van der Waals surface area contributed by atoms with Crippen LogP contribution in [0, 0.1) is 5.82 Å². The predicted octanol–water partition coefficient (Wildman–Crippen LogP) is 2.41. The highest BCUT2D eigenvalue weighted by Crippen LogP contribution is 2.30. The number of fused-ring (bicyclic) bond motifs is 1. The minimum atomic E-state index is -1.40. The number of hydrogen-bond acceptors (Lipinski definition) is 4. The molecule has 1 N–H and O–H groups in total. The molecule has 1 fully saturated rings. The van der Waals surface area contributed by atoms with E-state index in [4.69, 9.17) is 4.42 Å². The van der Waals surface area contributed by atoms with Crippen LogP contribution in [0.4, 0.5) is 14.8 Å². The largest absolute Gasteiger partial charge is 0.423 e. The molecule has 0 saturated carbocycles. The first-order chi connectivity index (χ1) is 10.5. The van der Waals surface area contributed by atoms with Gasteiger partial charge in [-0.15, -0.1) is 0 Å². The molecule has 0 aliphatic carbocycles. The lowest BCUT2D eigenvalue weighted by atomic mass is 9.93. The quantitative estimate of drug-likeness (QED) is 0.946. The van der Waals surface area contributed by atoms with E-state index in [0.717, 1.165) is 0 Å². The van der Waals surface area contributed by atoms with Crippen molar-refractivity contribution < 1.29 is 18.0 Å². The molecule has 0 bridgehead atoms. The maximum Gasteiger partial charge on any atom is 0.298 e. The second-order valence-corrected chi connectivity index (χ2v) is 5.66. The van der Waals surface area contributed by atoms with E-state index >= 15 is 0 Å². The Kier molecular flexibility index (Phi) is 3.72. The van der Waals surface area contributed by atoms with Crippen LogP contribution < -0.4 is 10.2 Å². The Morgan fingerprint density at radius 1 is 1.45 bits per heavy atom. The van der Waals surface area contributed by atoms with Crippen LogP contribution in [-0.4, -0.2) is 36.2 Å². The van der Waals surface area contributed by atoms with Crippen molar-refractivity contribution in [2.24, 2.45) is 0 Å². The van der Waals surface area contributed by atoms with Crippen LogP contribution in [0.1, 0.15) is 19.8 Å². The molecule has 2 aromatic rings. The molecule has 0 atom stereocenters. The molecule has 5 nitrogen and oxygen atoms in total. The number of rotatable bonds is 3. The third-order valence-corrected chi connectivity index (χ3v) is 3.92. The highest BCUT2D eigenvalue weighted by Gasteiger charge is 2.35. The van der Waals surface area contributed by atoms with Crippen molar-refractivity contribution in [3.8, 4) is 0 Å². The first-order valence-corrected chi connectivity index (χ1v) is 7.20. The Bertz CT molecular complexity index is 693. The third-order valence-electron chi connectivity index (χ3n) is 3.92. The average Bonchev–Trinajstić information content (AvgIpc) is 2.89. The number of carbonyl (C=O) groups is 1. The molecular formula is C15H17F2N3O2. The zero-order chi connectivity index (χ0) is 15.7. The van der Waals surface area contributed by atoms with Crippen LogP contribution in [-0.2, 0) is 4.79 Å². The van der Waals surface area contributed by atoms with E-state index in [1.807, 2.05) is 4.90 Å². The first kappa shape index (κ1) is 14.7. The molecule has 1 saturated heterocycles. The Morgan fingerprint density at radius 3 is 2.86 bits per heavy atom. The van der Waals surface area contributed by atoms with E-state index in [9.17, 15) is 13.6 Å². The van der Waals surface area contributed by atoms with E-state index in [1.54, 1.807) is 6.07 Å². The van der Waals surface area contributed by atoms with Crippen LogP contribution >= 0.6 is 0 Å². The summed E-state index contributed by atoms with van der Waals surface area (Å²) >= 11 is 0. The number of amides is 1. The molecule has 1 aromatic heterocycles. The van der Waals surface area contributed by atoms with Crippen molar-refractivity contribution in [1.29, 1.82) is 0 Å². The van der Waals surface area contributed by atoms with Gasteiger partial charge in [-0.2, -0.15) is 4.98 Å². The van der Waals surface area contributed by atoms with Crippen molar-refractivity contribution in [2.45, 2.75) is 25.4 Å². The molecule has 1 aliphatic heterocycles. The fourth-order valence-corrected chi connectivity index (χ4v) is 2.58. The molecular weight excluding hydrogens is 292 g/mol. The molecule has 3 rings (SSSR count). The average molecular weight is 309 g/mol. The standard InChI is InChI=1S/C15H17F2N3O2/c1-10(21)18-9-15(17)4-6-20(7-5-15)14-19-12-3-2-11(16)8-13(12)22-14/h2-3,8H,4-7,9H2,1H3,(H,18,21). The smallest absolute Gasteiger partial charge is 0.298 e. The molecule has 22 heavy (non-hydrogen) atoms. The lowest BCUT2D eigenvalue weighted by Gasteiger charge is -2.35. The summed E-state index contributed by atoms with van der Waals surface area (Å²) in [5.41, 5.74) is -0.447. The van der Waals surface area contributed by atoms with Gasteiger partial charge in [-0.25, -0.2) is 8.78 Å². The van der Waals surface area contributed by atoms with Crippen molar-refractivity contribution in [2.75, 3.05) is 24.5 Å². The van der Waals surface area contributed by atoms with Gasteiger partial charge >= 0.3 is 0 Å². The van der Waals surface area contributed by atoms with Gasteiger partial charge in [0.25, 0.3) is 6.01 Å². The number of nitrogens with one attached hydrogen (secondary N) is 1. The summed E-state index contributed by atoms with van der Waals surface area (Å²) < 4.78 is 33.2. The Labute approximate surface area is 126 Å². The van der Waals surface area contributed by atoms with E-state index < -0.39 is 5.67 Å². The Balaban J connectivity index is 1.68. The first-order valence-electron chi connectivity index (χ1n) is 7.20. The van der Waals surface area contributed by atoms with Gasteiger partial charge in [0.15, 0.2) is 5.58 Å². The SMILES string of the molecule is CC(=O)NCC1(F)CCN(c2nc3ccc(F)cc3o2)CC1. The summed E-state index contributed by atoms with van der Waals surface area (Å²) in [4.78, 5) is 17.0. The Hall–Kier alpha value is -2.18. The minimum Gasteiger partial charge on any atom is -0.423 e. The highest BCUT2D eigenvalue weighted by molar-refractivity contribution is 5.74. The van der Waals surface area contributed by atoms with E-state index in [-0.39, 0.29) is 31.1 Å². The normalized spacial score (nSPS) is 17.7. The van der Waals surface area contributed by atoms with Gasteiger partial charge < -0.3 is 14.6 Å². The lowest BCUT2D eigenvalue weighted by Crippen LogP contribution is -2.48. The van der Waals surface area contributed by atoms with Crippen LogP contribution in [0.5, 0.6) is 0 Å². The van der Waals surface area contributed by atoms with Crippen molar-refractivity contribution in [1.82, 2.24) is 10.3 Å². The number of aromatic nitrogens is 1. The maximum atomic E-state index is 14.5. The van der Waals surface area contributed by atoms with Crippen LogP contribution in [0.15, 0.2) is 22.6 Å². The zero-order valence-electron chi connectivity index (χ0n) is 12.2. The monoisotopic (exact) mass is 309 g/mol. The van der Waals surface area contributed by atoms with Crippen LogP contribution in [0.2, 0.25) is 0 Å². The minimum absolute atomic E-state index is 0.0228. The summed E-state index contributed by atoms with van der Waals surface area (Å²) in [7, 11) is 0. The van der Waals surface area contributed by atoms with E-state index in [0.29, 0.717) is 30.2 Å². The number of alkyl halides is 1. The van der Waals surface area contributed by atoms with Gasteiger partial charge in [-0.1, -0.05) is 0 Å². The van der Waals surface area contributed by atoms with E-state index in [1.165, 1.54) is 19.1 Å². The van der Waals surface area contributed by atoms with Gasteiger partial charge in [0, 0.05) is 38.9 Å². The molecule has 0 radical (unpaired) electrons.